The van der Waals surface area contributed by atoms with E-state index in [2.05, 4.69) is 34.3 Å². The number of nitro benzene ring substituents is 1. The Morgan fingerprint density at radius 3 is 2.49 bits per heavy atom. The highest BCUT2D eigenvalue weighted by molar-refractivity contribution is 7.89. The normalized spacial score (nSPS) is 13.9. The molecule has 220 valence electrons. The molecule has 0 saturated carbocycles. The lowest BCUT2D eigenvalue weighted by molar-refractivity contribution is -0.385. The van der Waals surface area contributed by atoms with E-state index in [1.807, 2.05) is 11.9 Å². The summed E-state index contributed by atoms with van der Waals surface area (Å²) < 4.78 is 54.6. The molecular weight excluding hydrogens is 560 g/mol. The van der Waals surface area contributed by atoms with E-state index in [-0.39, 0.29) is 30.9 Å². The minimum absolute atomic E-state index is 0.00235. The Kier molecular flexibility index (Phi) is 8.70. The Morgan fingerprint density at radius 2 is 1.85 bits per heavy atom. The number of sulfonamides is 1. The fraction of sp³-hybridized carbons (Fsp3) is 0.385. The zero-order valence-corrected chi connectivity index (χ0v) is 23.8. The molecule has 15 heteroatoms. The molecule has 1 aliphatic rings. The number of nitrogens with one attached hydrogen (secondary N) is 2. The summed E-state index contributed by atoms with van der Waals surface area (Å²) in [6, 6.07) is 6.68. The third-order valence-electron chi connectivity index (χ3n) is 7.14. The molecule has 0 saturated heterocycles. The van der Waals surface area contributed by atoms with Crippen LogP contribution in [0.15, 0.2) is 41.3 Å². The molecule has 0 atom stereocenters. The third-order valence-corrected chi connectivity index (χ3v) is 8.96. The van der Waals surface area contributed by atoms with Gasteiger partial charge in [-0.2, -0.15) is 9.40 Å². The van der Waals surface area contributed by atoms with Crippen LogP contribution in [0.1, 0.15) is 35.5 Å². The van der Waals surface area contributed by atoms with E-state index in [1.54, 1.807) is 13.1 Å². The summed E-state index contributed by atoms with van der Waals surface area (Å²) in [5.74, 6) is -2.85. The van der Waals surface area contributed by atoms with Gasteiger partial charge < -0.3 is 15.1 Å². The largest absolute Gasteiger partial charge is 0.373 e. The molecular formula is C26H31F2N7O5S. The number of amides is 1. The Balaban J connectivity index is 1.54. The van der Waals surface area contributed by atoms with Gasteiger partial charge in [-0.3, -0.25) is 20.0 Å². The van der Waals surface area contributed by atoms with Crippen LogP contribution in [-0.2, 0) is 23.0 Å². The number of anilines is 2. The first-order valence-electron chi connectivity index (χ1n) is 12.8. The maximum Gasteiger partial charge on any atom is 0.284 e. The number of hydrogen-bond donors (Lipinski definition) is 2. The molecule has 0 aliphatic carbocycles. The standard InChI is InChI=1S/C26H31F2N7O5S/c1-16(2)32(3)9-10-33(4)19-5-6-21(24(14-19)35(37)38)26(36)29-25-22-15-34(8-7-23(22)30-31-25)41(39,40)20-12-17(27)11-18(28)13-20/h5-6,11-14,16H,7-10,15H2,1-4H3,(H2,29,30,31,36). The van der Waals surface area contributed by atoms with E-state index in [1.165, 1.54) is 12.1 Å². The van der Waals surface area contributed by atoms with Gasteiger partial charge in [0.05, 0.1) is 9.82 Å². The summed E-state index contributed by atoms with van der Waals surface area (Å²) >= 11 is 0. The van der Waals surface area contributed by atoms with E-state index < -0.39 is 43.1 Å². The number of rotatable bonds is 10. The third kappa shape index (κ3) is 6.52. The average Bonchev–Trinajstić information content (AvgIpc) is 3.32. The Morgan fingerprint density at radius 1 is 1.17 bits per heavy atom. The Bertz CT molecular complexity index is 1560. The van der Waals surface area contributed by atoms with Gasteiger partial charge in [-0.1, -0.05) is 0 Å². The molecule has 4 rings (SSSR count). The molecule has 12 nitrogen and oxygen atoms in total. The summed E-state index contributed by atoms with van der Waals surface area (Å²) in [7, 11) is -0.478. The first kappa shape index (κ1) is 30.0. The van der Waals surface area contributed by atoms with Crippen molar-refractivity contribution >= 4 is 33.1 Å². The SMILES string of the molecule is CC(C)N(C)CCN(C)c1ccc(C(=O)Nc2n[nH]c3c2CN(S(=O)(=O)c2cc(F)cc(F)c2)CC3)c([N+](=O)[O-])c1. The van der Waals surface area contributed by atoms with Gasteiger partial charge in [0.1, 0.15) is 17.2 Å². The topological polar surface area (TPSA) is 145 Å². The highest BCUT2D eigenvalue weighted by Gasteiger charge is 2.33. The molecule has 2 aromatic carbocycles. The van der Waals surface area contributed by atoms with Crippen molar-refractivity contribution in [2.75, 3.05) is 43.9 Å². The van der Waals surface area contributed by atoms with Gasteiger partial charge in [0, 0.05) is 74.8 Å². The maximum absolute atomic E-state index is 13.7. The van der Waals surface area contributed by atoms with Crippen molar-refractivity contribution in [3.63, 3.8) is 0 Å². The Labute approximate surface area is 236 Å². The second kappa shape index (κ2) is 11.9. The zero-order valence-electron chi connectivity index (χ0n) is 23.0. The Hall–Kier alpha value is -3.95. The summed E-state index contributed by atoms with van der Waals surface area (Å²) in [6.45, 7) is 5.25. The predicted molar refractivity (Wildman–Crippen MR) is 148 cm³/mol. The number of likely N-dealkylation sites (N-methyl/N-ethyl adjacent to an activating group) is 2. The van der Waals surface area contributed by atoms with E-state index in [0.717, 1.165) is 23.0 Å². The molecule has 1 amide bonds. The summed E-state index contributed by atoms with van der Waals surface area (Å²) in [6.07, 6.45) is 0.197. The van der Waals surface area contributed by atoms with Gasteiger partial charge in [0.2, 0.25) is 10.0 Å². The van der Waals surface area contributed by atoms with E-state index in [9.17, 15) is 32.1 Å². The number of carbonyl (C=O) groups is 1. The summed E-state index contributed by atoms with van der Waals surface area (Å²) in [4.78, 5) is 27.9. The van der Waals surface area contributed by atoms with Crippen LogP contribution in [0.4, 0.5) is 26.0 Å². The monoisotopic (exact) mass is 591 g/mol. The molecule has 0 radical (unpaired) electrons. The zero-order chi connectivity index (χ0) is 30.1. The number of H-pyrrole nitrogens is 1. The van der Waals surface area contributed by atoms with Crippen molar-refractivity contribution in [1.29, 1.82) is 0 Å². The number of nitro groups is 1. The van der Waals surface area contributed by atoms with Gasteiger partial charge in [0.15, 0.2) is 5.82 Å². The highest BCUT2D eigenvalue weighted by atomic mass is 32.2. The lowest BCUT2D eigenvalue weighted by atomic mass is 10.1. The van der Waals surface area contributed by atoms with Crippen molar-refractivity contribution in [2.45, 2.75) is 37.8 Å². The fourth-order valence-electron chi connectivity index (χ4n) is 4.38. The smallest absolute Gasteiger partial charge is 0.284 e. The first-order valence-corrected chi connectivity index (χ1v) is 14.3. The minimum Gasteiger partial charge on any atom is -0.373 e. The molecule has 0 unspecified atom stereocenters. The fourth-order valence-corrected chi connectivity index (χ4v) is 5.83. The van der Waals surface area contributed by atoms with Crippen LogP contribution >= 0.6 is 0 Å². The highest BCUT2D eigenvalue weighted by Crippen LogP contribution is 2.30. The van der Waals surface area contributed by atoms with Crippen LogP contribution in [0.5, 0.6) is 0 Å². The lowest BCUT2D eigenvalue weighted by Gasteiger charge is -2.26. The number of halogens is 2. The van der Waals surface area contributed by atoms with Gasteiger partial charge in [0.25, 0.3) is 11.6 Å². The second-order valence-corrected chi connectivity index (χ2v) is 12.1. The number of benzene rings is 2. The van der Waals surface area contributed by atoms with Crippen LogP contribution in [-0.4, -0.2) is 78.4 Å². The van der Waals surface area contributed by atoms with Gasteiger partial charge in [-0.05, 0) is 45.2 Å². The van der Waals surface area contributed by atoms with E-state index >= 15 is 0 Å². The molecule has 2 N–H and O–H groups in total. The van der Waals surface area contributed by atoms with E-state index in [4.69, 9.17) is 0 Å². The molecule has 1 aromatic heterocycles. The van der Waals surface area contributed by atoms with Crippen LogP contribution in [0, 0.1) is 21.7 Å². The second-order valence-electron chi connectivity index (χ2n) is 10.1. The molecule has 1 aliphatic heterocycles. The molecule has 2 heterocycles. The number of fused-ring (bicyclic) bond motifs is 1. The summed E-state index contributed by atoms with van der Waals surface area (Å²) in [5.41, 5.74) is 0.884. The van der Waals surface area contributed by atoms with Crippen LogP contribution in [0.25, 0.3) is 0 Å². The molecule has 3 aromatic rings. The quantitative estimate of drug-likeness (QED) is 0.270. The first-order chi connectivity index (χ1) is 19.3. The lowest BCUT2D eigenvalue weighted by Crippen LogP contribution is -2.36. The molecule has 0 spiro atoms. The van der Waals surface area contributed by atoms with E-state index in [0.29, 0.717) is 35.6 Å². The predicted octanol–water partition coefficient (Wildman–Crippen LogP) is 3.37. The van der Waals surface area contributed by atoms with Crippen LogP contribution < -0.4 is 10.2 Å². The van der Waals surface area contributed by atoms with Crippen LogP contribution in [0.2, 0.25) is 0 Å². The van der Waals surface area contributed by atoms with Crippen molar-refractivity contribution in [2.24, 2.45) is 0 Å². The average molecular weight is 592 g/mol. The van der Waals surface area contributed by atoms with Gasteiger partial charge in [-0.25, -0.2) is 17.2 Å². The number of carbonyl (C=O) groups excluding carboxylic acids is 1. The number of aromatic amines is 1. The molecule has 0 bridgehead atoms. The van der Waals surface area contributed by atoms with Crippen molar-refractivity contribution in [1.82, 2.24) is 19.4 Å². The van der Waals surface area contributed by atoms with Crippen molar-refractivity contribution in [3.8, 4) is 0 Å². The number of nitrogens with zero attached hydrogens (tertiary/aromatic N) is 5. The number of aromatic nitrogens is 2. The van der Waals surface area contributed by atoms with Gasteiger partial charge >= 0.3 is 0 Å². The number of hydrogen-bond acceptors (Lipinski definition) is 8. The minimum atomic E-state index is -4.27. The molecule has 41 heavy (non-hydrogen) atoms. The van der Waals surface area contributed by atoms with Crippen molar-refractivity contribution in [3.05, 3.63) is 75.0 Å². The van der Waals surface area contributed by atoms with Crippen LogP contribution in [0.3, 0.4) is 0 Å². The maximum atomic E-state index is 13.7. The summed E-state index contributed by atoms with van der Waals surface area (Å²) in [5, 5.41) is 21.3. The molecule has 0 fully saturated rings. The van der Waals surface area contributed by atoms with Gasteiger partial charge in [-0.15, -0.1) is 0 Å². The van der Waals surface area contributed by atoms with Crippen molar-refractivity contribution < 1.29 is 26.9 Å².